The molecule has 2 rings (SSSR count). The molecule has 0 aliphatic carbocycles. The summed E-state index contributed by atoms with van der Waals surface area (Å²) in [5.74, 6) is 1.59. The van der Waals surface area contributed by atoms with Crippen LogP contribution in [-0.4, -0.2) is 23.9 Å². The van der Waals surface area contributed by atoms with Crippen molar-refractivity contribution in [2.24, 2.45) is 0 Å². The van der Waals surface area contributed by atoms with Crippen molar-refractivity contribution in [3.05, 3.63) is 23.8 Å². The maximum atomic E-state index is 9.76. The van der Waals surface area contributed by atoms with E-state index in [0.717, 1.165) is 23.5 Å². The second-order valence-electron chi connectivity index (χ2n) is 4.82. The largest absolute Gasteiger partial charge is 0.490 e. The molecular weight excluding hydrogens is 204 g/mol. The maximum Gasteiger partial charge on any atom is 0.161 e. The van der Waals surface area contributed by atoms with Crippen molar-refractivity contribution in [3.8, 4) is 11.5 Å². The minimum atomic E-state index is -0.695. The molecule has 3 heteroatoms. The molecule has 0 aromatic heterocycles. The van der Waals surface area contributed by atoms with Crippen LogP contribution in [0, 0.1) is 0 Å². The molecule has 0 fully saturated rings. The Hall–Kier alpha value is -1.22. The van der Waals surface area contributed by atoms with Crippen molar-refractivity contribution in [1.82, 2.24) is 0 Å². The van der Waals surface area contributed by atoms with E-state index in [1.165, 1.54) is 0 Å². The smallest absolute Gasteiger partial charge is 0.161 e. The molecule has 0 radical (unpaired) electrons. The summed E-state index contributed by atoms with van der Waals surface area (Å²) in [7, 11) is 0. The first kappa shape index (κ1) is 11.3. The van der Waals surface area contributed by atoms with Gasteiger partial charge in [-0.2, -0.15) is 0 Å². The fraction of sp³-hybridized carbons (Fsp3) is 0.538. The van der Waals surface area contributed by atoms with Gasteiger partial charge < -0.3 is 14.6 Å². The fourth-order valence-corrected chi connectivity index (χ4v) is 1.82. The van der Waals surface area contributed by atoms with Gasteiger partial charge in [-0.1, -0.05) is 6.07 Å². The molecule has 1 aromatic carbocycles. The van der Waals surface area contributed by atoms with E-state index in [0.29, 0.717) is 19.6 Å². The Morgan fingerprint density at radius 2 is 1.88 bits per heavy atom. The number of aliphatic hydroxyl groups is 1. The van der Waals surface area contributed by atoms with Gasteiger partial charge in [-0.3, -0.25) is 0 Å². The van der Waals surface area contributed by atoms with Crippen molar-refractivity contribution < 1.29 is 14.6 Å². The second kappa shape index (κ2) is 4.34. The van der Waals surface area contributed by atoms with E-state index in [-0.39, 0.29) is 0 Å². The zero-order chi connectivity index (χ0) is 11.6. The Balaban J connectivity index is 2.21. The quantitative estimate of drug-likeness (QED) is 0.833. The molecule has 1 heterocycles. The lowest BCUT2D eigenvalue weighted by Gasteiger charge is -2.18. The van der Waals surface area contributed by atoms with Crippen molar-refractivity contribution in [2.45, 2.75) is 32.3 Å². The molecule has 0 bridgehead atoms. The minimum Gasteiger partial charge on any atom is -0.490 e. The normalized spacial score (nSPS) is 15.7. The first-order valence-corrected chi connectivity index (χ1v) is 5.65. The van der Waals surface area contributed by atoms with Gasteiger partial charge in [0.25, 0.3) is 0 Å². The third-order valence-corrected chi connectivity index (χ3v) is 2.45. The topological polar surface area (TPSA) is 38.7 Å². The molecule has 1 aliphatic rings. The number of benzene rings is 1. The molecule has 16 heavy (non-hydrogen) atoms. The van der Waals surface area contributed by atoms with Crippen molar-refractivity contribution >= 4 is 0 Å². The van der Waals surface area contributed by atoms with Gasteiger partial charge in [0.1, 0.15) is 0 Å². The molecule has 0 amide bonds. The van der Waals surface area contributed by atoms with Crippen LogP contribution in [0.15, 0.2) is 18.2 Å². The molecule has 0 spiro atoms. The molecule has 1 aliphatic heterocycles. The Kier molecular flexibility index (Phi) is 3.06. The summed E-state index contributed by atoms with van der Waals surface area (Å²) in [6.45, 7) is 5.00. The van der Waals surface area contributed by atoms with E-state index >= 15 is 0 Å². The Morgan fingerprint density at radius 1 is 1.19 bits per heavy atom. The summed E-state index contributed by atoms with van der Waals surface area (Å²) in [6, 6.07) is 5.85. The summed E-state index contributed by atoms with van der Waals surface area (Å²) in [5.41, 5.74) is 0.372. The lowest BCUT2D eigenvalue weighted by molar-refractivity contribution is 0.0809. The van der Waals surface area contributed by atoms with Gasteiger partial charge in [0, 0.05) is 12.8 Å². The van der Waals surface area contributed by atoms with E-state index in [1.54, 1.807) is 13.8 Å². The van der Waals surface area contributed by atoms with Crippen LogP contribution < -0.4 is 9.47 Å². The highest BCUT2D eigenvalue weighted by molar-refractivity contribution is 5.43. The summed E-state index contributed by atoms with van der Waals surface area (Å²) < 4.78 is 11.1. The van der Waals surface area contributed by atoms with Gasteiger partial charge in [0.2, 0.25) is 0 Å². The van der Waals surface area contributed by atoms with Crippen molar-refractivity contribution in [1.29, 1.82) is 0 Å². The Labute approximate surface area is 96.0 Å². The highest BCUT2D eigenvalue weighted by atomic mass is 16.5. The third-order valence-electron chi connectivity index (χ3n) is 2.45. The Bertz CT molecular complexity index is 366. The van der Waals surface area contributed by atoms with Gasteiger partial charge in [0.15, 0.2) is 11.5 Å². The summed E-state index contributed by atoms with van der Waals surface area (Å²) >= 11 is 0. The fourth-order valence-electron chi connectivity index (χ4n) is 1.82. The number of ether oxygens (including phenoxy) is 2. The van der Waals surface area contributed by atoms with E-state index in [9.17, 15) is 5.11 Å². The van der Waals surface area contributed by atoms with E-state index < -0.39 is 5.60 Å². The Morgan fingerprint density at radius 3 is 2.56 bits per heavy atom. The van der Waals surface area contributed by atoms with Crippen molar-refractivity contribution in [2.75, 3.05) is 13.2 Å². The maximum absolute atomic E-state index is 9.76. The molecule has 3 nitrogen and oxygen atoms in total. The first-order valence-electron chi connectivity index (χ1n) is 5.65. The van der Waals surface area contributed by atoms with E-state index in [2.05, 4.69) is 0 Å². The van der Waals surface area contributed by atoms with Crippen LogP contribution in [0.5, 0.6) is 11.5 Å². The average molecular weight is 222 g/mol. The lowest BCUT2D eigenvalue weighted by Crippen LogP contribution is -2.21. The zero-order valence-corrected chi connectivity index (χ0v) is 9.82. The summed E-state index contributed by atoms with van der Waals surface area (Å²) in [4.78, 5) is 0. The molecule has 88 valence electrons. The minimum absolute atomic E-state index is 0.615. The van der Waals surface area contributed by atoms with Crippen LogP contribution in [0.3, 0.4) is 0 Å². The highest BCUT2D eigenvalue weighted by Crippen LogP contribution is 2.31. The molecule has 0 unspecified atom stereocenters. The first-order chi connectivity index (χ1) is 7.54. The number of hydrogen-bond donors (Lipinski definition) is 1. The SMILES string of the molecule is CC(C)(O)Cc1ccc2c(c1)OCCCO2. The predicted molar refractivity (Wildman–Crippen MR) is 62.1 cm³/mol. The number of fused-ring (bicyclic) bond motifs is 1. The van der Waals surface area contributed by atoms with Crippen molar-refractivity contribution in [3.63, 3.8) is 0 Å². The lowest BCUT2D eigenvalue weighted by atomic mass is 9.98. The van der Waals surface area contributed by atoms with Crippen LogP contribution in [0.1, 0.15) is 25.8 Å². The van der Waals surface area contributed by atoms with Gasteiger partial charge in [-0.05, 0) is 31.5 Å². The van der Waals surface area contributed by atoms with Gasteiger partial charge >= 0.3 is 0 Å². The summed E-state index contributed by atoms with van der Waals surface area (Å²) in [6.07, 6.45) is 1.53. The van der Waals surface area contributed by atoms with Crippen LogP contribution >= 0.6 is 0 Å². The van der Waals surface area contributed by atoms with E-state index in [1.807, 2.05) is 18.2 Å². The predicted octanol–water partition coefficient (Wildman–Crippen LogP) is 2.16. The van der Waals surface area contributed by atoms with Crippen LogP contribution in [0.2, 0.25) is 0 Å². The van der Waals surface area contributed by atoms with Crippen LogP contribution in [-0.2, 0) is 6.42 Å². The van der Waals surface area contributed by atoms with Gasteiger partial charge in [-0.15, -0.1) is 0 Å². The molecule has 0 saturated heterocycles. The molecule has 1 aromatic rings. The zero-order valence-electron chi connectivity index (χ0n) is 9.82. The van der Waals surface area contributed by atoms with Crippen LogP contribution in [0.25, 0.3) is 0 Å². The number of rotatable bonds is 2. The standard InChI is InChI=1S/C13H18O3/c1-13(2,14)9-10-4-5-11-12(8-10)16-7-3-6-15-11/h4-5,8,14H,3,6-7,9H2,1-2H3. The second-order valence-corrected chi connectivity index (χ2v) is 4.82. The summed E-state index contributed by atoms with van der Waals surface area (Å²) in [5, 5.41) is 9.76. The monoisotopic (exact) mass is 222 g/mol. The van der Waals surface area contributed by atoms with Gasteiger partial charge in [-0.25, -0.2) is 0 Å². The molecular formula is C13H18O3. The van der Waals surface area contributed by atoms with Crippen LogP contribution in [0.4, 0.5) is 0 Å². The van der Waals surface area contributed by atoms with Gasteiger partial charge in [0.05, 0.1) is 18.8 Å². The number of hydrogen-bond acceptors (Lipinski definition) is 3. The molecule has 0 saturated carbocycles. The average Bonchev–Trinajstić information content (AvgIpc) is 2.39. The molecule has 1 N–H and O–H groups in total. The molecule has 0 atom stereocenters. The van der Waals surface area contributed by atoms with E-state index in [4.69, 9.17) is 9.47 Å². The highest BCUT2D eigenvalue weighted by Gasteiger charge is 2.16. The third kappa shape index (κ3) is 2.89.